The molecular weight excluding hydrogens is 554 g/mol. The minimum atomic E-state index is -1.03. The molecule has 5 heterocycles. The average Bonchev–Trinajstić information content (AvgIpc) is 3.52. The molecular formula is C31H31N5O5S. The van der Waals surface area contributed by atoms with Crippen molar-refractivity contribution in [3.05, 3.63) is 84.5 Å². The van der Waals surface area contributed by atoms with Crippen molar-refractivity contribution < 1.29 is 24.2 Å². The number of aromatic nitrogens is 3. The number of para-hydroxylation sites is 1. The van der Waals surface area contributed by atoms with Gasteiger partial charge in [-0.2, -0.15) is 0 Å². The molecule has 10 nitrogen and oxygen atoms in total. The molecule has 1 N–H and O–H groups in total. The molecule has 2 saturated heterocycles. The van der Waals surface area contributed by atoms with E-state index in [4.69, 9.17) is 4.74 Å². The van der Waals surface area contributed by atoms with Crippen LogP contribution in [0.2, 0.25) is 0 Å². The lowest BCUT2D eigenvalue weighted by Gasteiger charge is -2.39. The Bertz CT molecular complexity index is 1620. The summed E-state index contributed by atoms with van der Waals surface area (Å²) in [4.78, 5) is 46.0. The first-order valence-corrected chi connectivity index (χ1v) is 14.9. The number of amides is 2. The van der Waals surface area contributed by atoms with E-state index in [0.29, 0.717) is 13.0 Å². The molecule has 0 aliphatic carbocycles. The van der Waals surface area contributed by atoms with Crippen LogP contribution in [-0.2, 0) is 32.2 Å². The second-order valence-electron chi connectivity index (χ2n) is 11.5. The molecule has 216 valence electrons. The number of carbonyl (C=O) groups is 3. The average molecular weight is 586 g/mol. The zero-order chi connectivity index (χ0) is 29.1. The van der Waals surface area contributed by atoms with Crippen LogP contribution in [0.5, 0.6) is 0 Å². The summed E-state index contributed by atoms with van der Waals surface area (Å²) in [6.07, 6.45) is 8.01. The van der Waals surface area contributed by atoms with Crippen molar-refractivity contribution in [1.29, 1.82) is 0 Å². The molecule has 7 rings (SSSR count). The molecule has 6 atom stereocenters. The number of carbonyl (C=O) groups excluding carboxylic acids is 3. The Morgan fingerprint density at radius 2 is 1.81 bits per heavy atom. The standard InChI is InChI=1S/C31H31N5O5S/c1-30-13-8-16-41-29(40)25(30)24-27(38)36(21(18-37)17-20-9-3-2-4-10-20)26-28(39)34(15-7-14-31(24,26)42-30)19-35-23-12-6-5-11-22(23)32-33-35/h2-14,21,24-26,37H,15-19H2,1H3/t21-,24+,25+,26?,30-,31+/m1/s1. The molecule has 2 fully saturated rings. The van der Waals surface area contributed by atoms with E-state index in [9.17, 15) is 19.5 Å². The van der Waals surface area contributed by atoms with Gasteiger partial charge in [-0.1, -0.05) is 65.9 Å². The summed E-state index contributed by atoms with van der Waals surface area (Å²) in [5.74, 6) is -2.61. The van der Waals surface area contributed by atoms with Crippen LogP contribution >= 0.6 is 11.8 Å². The topological polar surface area (TPSA) is 118 Å². The van der Waals surface area contributed by atoms with Crippen molar-refractivity contribution in [1.82, 2.24) is 24.8 Å². The smallest absolute Gasteiger partial charge is 0.311 e. The van der Waals surface area contributed by atoms with Gasteiger partial charge in [-0.25, -0.2) is 4.68 Å². The highest BCUT2D eigenvalue weighted by Crippen LogP contribution is 2.65. The molecule has 4 aliphatic rings. The van der Waals surface area contributed by atoms with Crippen LogP contribution in [0.1, 0.15) is 12.5 Å². The lowest BCUT2D eigenvalue weighted by atomic mass is 9.75. The third-order valence-corrected chi connectivity index (χ3v) is 10.8. The van der Waals surface area contributed by atoms with Crippen molar-refractivity contribution in [3.63, 3.8) is 0 Å². The summed E-state index contributed by atoms with van der Waals surface area (Å²) in [5.41, 5.74) is 2.45. The Hall–Kier alpha value is -3.96. The van der Waals surface area contributed by atoms with Crippen molar-refractivity contribution in [2.45, 2.75) is 41.6 Å². The van der Waals surface area contributed by atoms with Crippen molar-refractivity contribution in [3.8, 4) is 0 Å². The van der Waals surface area contributed by atoms with Crippen molar-refractivity contribution in [2.75, 3.05) is 19.8 Å². The zero-order valence-corrected chi connectivity index (χ0v) is 23.9. The predicted molar refractivity (Wildman–Crippen MR) is 156 cm³/mol. The number of benzene rings is 2. The van der Waals surface area contributed by atoms with Gasteiger partial charge in [0.15, 0.2) is 0 Å². The molecule has 0 bridgehead atoms. The molecule has 42 heavy (non-hydrogen) atoms. The number of aliphatic hydroxyl groups is 1. The maximum absolute atomic E-state index is 14.7. The number of ether oxygens (including phenoxy) is 1. The number of rotatable bonds is 6. The maximum Gasteiger partial charge on any atom is 0.311 e. The van der Waals surface area contributed by atoms with Crippen LogP contribution in [0.3, 0.4) is 0 Å². The lowest BCUT2D eigenvalue weighted by molar-refractivity contribution is -0.153. The van der Waals surface area contributed by atoms with Crippen LogP contribution in [0, 0.1) is 11.8 Å². The fraction of sp³-hybridized carbons (Fsp3) is 0.387. The van der Waals surface area contributed by atoms with E-state index >= 15 is 0 Å². The summed E-state index contributed by atoms with van der Waals surface area (Å²) in [7, 11) is 0. The van der Waals surface area contributed by atoms with Crippen LogP contribution in [0.25, 0.3) is 11.0 Å². The lowest BCUT2D eigenvalue weighted by Crippen LogP contribution is -2.57. The molecule has 1 aromatic heterocycles. The first-order chi connectivity index (χ1) is 20.4. The Labute approximate surface area is 247 Å². The van der Waals surface area contributed by atoms with E-state index < -0.39 is 39.4 Å². The Kier molecular flexibility index (Phi) is 6.47. The van der Waals surface area contributed by atoms with Crippen LogP contribution in [0.4, 0.5) is 0 Å². The van der Waals surface area contributed by atoms with Gasteiger partial charge in [0.1, 0.15) is 24.8 Å². The summed E-state index contributed by atoms with van der Waals surface area (Å²) < 4.78 is 5.43. The first-order valence-electron chi connectivity index (χ1n) is 14.1. The Balaban J connectivity index is 1.33. The van der Waals surface area contributed by atoms with Gasteiger partial charge in [0, 0.05) is 11.3 Å². The number of likely N-dealkylation sites (tertiary alicyclic amines) is 1. The third-order valence-electron chi connectivity index (χ3n) is 8.98. The molecule has 1 spiro atoms. The highest BCUT2D eigenvalue weighted by molar-refractivity contribution is 8.02. The molecule has 1 unspecified atom stereocenters. The fourth-order valence-corrected chi connectivity index (χ4v) is 9.32. The maximum atomic E-state index is 14.7. The number of esters is 1. The van der Waals surface area contributed by atoms with E-state index in [1.165, 1.54) is 11.8 Å². The number of nitrogens with zero attached hydrogens (tertiary/aromatic N) is 5. The van der Waals surface area contributed by atoms with Crippen LogP contribution in [0.15, 0.2) is 78.9 Å². The number of cyclic esters (lactones) is 1. The normalized spacial score (nSPS) is 31.0. The molecule has 11 heteroatoms. The summed E-state index contributed by atoms with van der Waals surface area (Å²) in [5, 5.41) is 19.2. The third kappa shape index (κ3) is 4.01. The van der Waals surface area contributed by atoms with Crippen molar-refractivity contribution >= 4 is 40.6 Å². The largest absolute Gasteiger partial charge is 0.461 e. The number of hydrogen-bond donors (Lipinski definition) is 1. The highest BCUT2D eigenvalue weighted by atomic mass is 32.2. The van der Waals surface area contributed by atoms with Gasteiger partial charge in [-0.05, 0) is 37.1 Å². The number of hydrogen-bond acceptors (Lipinski definition) is 8. The van der Waals surface area contributed by atoms with Crippen molar-refractivity contribution in [2.24, 2.45) is 11.8 Å². The van der Waals surface area contributed by atoms with Gasteiger partial charge >= 0.3 is 5.97 Å². The quantitative estimate of drug-likeness (QED) is 0.346. The molecule has 2 amide bonds. The molecule has 0 radical (unpaired) electrons. The van der Waals surface area contributed by atoms with Gasteiger partial charge in [-0.15, -0.1) is 16.9 Å². The van der Waals surface area contributed by atoms with E-state index in [1.54, 1.807) is 14.5 Å². The minimum absolute atomic E-state index is 0.138. The summed E-state index contributed by atoms with van der Waals surface area (Å²) in [6, 6.07) is 15.5. The van der Waals surface area contributed by atoms with Gasteiger partial charge in [0.2, 0.25) is 11.8 Å². The number of aliphatic hydroxyl groups excluding tert-OH is 1. The molecule has 3 aromatic rings. The van der Waals surface area contributed by atoms with Crippen LogP contribution in [-0.4, -0.2) is 89.0 Å². The fourth-order valence-electron chi connectivity index (χ4n) is 7.18. The molecule has 4 aliphatic heterocycles. The summed E-state index contributed by atoms with van der Waals surface area (Å²) >= 11 is 1.49. The second-order valence-corrected chi connectivity index (χ2v) is 13.3. The number of fused-ring (bicyclic) bond motifs is 3. The number of thioether (sulfide) groups is 1. The van der Waals surface area contributed by atoms with Gasteiger partial charge in [0.25, 0.3) is 0 Å². The Morgan fingerprint density at radius 1 is 1.02 bits per heavy atom. The molecule has 0 saturated carbocycles. The summed E-state index contributed by atoms with van der Waals surface area (Å²) in [6.45, 7) is 2.20. The predicted octanol–water partition coefficient (Wildman–Crippen LogP) is 2.19. The monoisotopic (exact) mass is 585 g/mol. The van der Waals surface area contributed by atoms with Gasteiger partial charge < -0.3 is 19.6 Å². The molecule has 2 aromatic carbocycles. The van der Waals surface area contributed by atoms with E-state index in [1.807, 2.05) is 85.8 Å². The second kappa shape index (κ2) is 10.1. The zero-order valence-electron chi connectivity index (χ0n) is 23.1. The first kappa shape index (κ1) is 26.9. The van der Waals surface area contributed by atoms with Gasteiger partial charge in [-0.3, -0.25) is 14.4 Å². The van der Waals surface area contributed by atoms with Gasteiger partial charge in [0.05, 0.1) is 34.7 Å². The van der Waals surface area contributed by atoms with E-state index in [2.05, 4.69) is 10.3 Å². The SMILES string of the molecule is C[C@@]12C=CCOC(=O)[C@@H]1[C@H]1C(=O)N([C@@H](CO)Cc3ccccc3)C3C(=O)N(Cn4nnc5ccccc54)CC=C[C@@]31S2. The van der Waals surface area contributed by atoms with E-state index in [0.717, 1.165) is 16.6 Å². The van der Waals surface area contributed by atoms with Crippen LogP contribution < -0.4 is 0 Å². The minimum Gasteiger partial charge on any atom is -0.461 e. The highest BCUT2D eigenvalue weighted by Gasteiger charge is 2.74. The van der Waals surface area contributed by atoms with E-state index in [-0.39, 0.29) is 31.7 Å². The Morgan fingerprint density at radius 3 is 2.62 bits per heavy atom.